The van der Waals surface area contributed by atoms with Gasteiger partial charge in [-0.25, -0.2) is 0 Å². The van der Waals surface area contributed by atoms with Gasteiger partial charge in [0.05, 0.1) is 0 Å². The summed E-state index contributed by atoms with van der Waals surface area (Å²) in [5, 5.41) is 10.1. The van der Waals surface area contributed by atoms with Crippen molar-refractivity contribution in [3.63, 3.8) is 0 Å². The van der Waals surface area contributed by atoms with E-state index < -0.39 is 0 Å². The van der Waals surface area contributed by atoms with Crippen molar-refractivity contribution in [1.82, 2.24) is 0 Å². The van der Waals surface area contributed by atoms with Crippen LogP contribution in [0.5, 0.6) is 0 Å². The molecule has 0 aromatic heterocycles. The minimum Gasteiger partial charge on any atom is -0.310 e. The van der Waals surface area contributed by atoms with Gasteiger partial charge in [0.2, 0.25) is 0 Å². The van der Waals surface area contributed by atoms with Crippen LogP contribution in [0.1, 0.15) is 0 Å². The first-order chi connectivity index (χ1) is 26.3. The molecular weight excluding hydrogens is 639 g/mol. The van der Waals surface area contributed by atoms with Gasteiger partial charge in [0.25, 0.3) is 0 Å². The molecule has 0 aliphatic carbocycles. The molecule has 0 N–H and O–H groups in total. The Morgan fingerprint density at radius 3 is 1.25 bits per heavy atom. The van der Waals surface area contributed by atoms with E-state index in [4.69, 9.17) is 0 Å². The fourth-order valence-corrected chi connectivity index (χ4v) is 8.09. The molecule has 248 valence electrons. The van der Waals surface area contributed by atoms with Crippen molar-refractivity contribution in [2.45, 2.75) is 0 Å². The fraction of sp³-hybridized carbons (Fsp3) is 0. The van der Waals surface area contributed by atoms with Gasteiger partial charge in [0.15, 0.2) is 0 Å². The number of hydrogen-bond donors (Lipinski definition) is 0. The molecule has 0 saturated heterocycles. The van der Waals surface area contributed by atoms with E-state index in [-0.39, 0.29) is 0 Å². The third-order valence-corrected chi connectivity index (χ3v) is 10.6. The molecule has 0 spiro atoms. The average Bonchev–Trinajstić information content (AvgIpc) is 3.24. The van der Waals surface area contributed by atoms with Gasteiger partial charge in [-0.2, -0.15) is 0 Å². The minimum absolute atomic E-state index is 1.10. The van der Waals surface area contributed by atoms with Crippen molar-refractivity contribution in [3.8, 4) is 33.4 Å². The molecule has 0 atom stereocenters. The van der Waals surface area contributed by atoms with Crippen LogP contribution in [0, 0.1) is 0 Å². The van der Waals surface area contributed by atoms with Gasteiger partial charge in [-0.3, -0.25) is 0 Å². The number of nitrogens with zero attached hydrogens (tertiary/aromatic N) is 1. The molecule has 0 unspecified atom stereocenters. The number of fused-ring (bicyclic) bond motifs is 6. The maximum atomic E-state index is 2.39. The van der Waals surface area contributed by atoms with Gasteiger partial charge in [-0.1, -0.05) is 164 Å². The highest BCUT2D eigenvalue weighted by Crippen LogP contribution is 2.42. The zero-order valence-corrected chi connectivity index (χ0v) is 29.2. The van der Waals surface area contributed by atoms with E-state index in [1.54, 1.807) is 0 Å². The number of hydrogen-bond acceptors (Lipinski definition) is 1. The Balaban J connectivity index is 1.14. The largest absolute Gasteiger partial charge is 0.310 e. The summed E-state index contributed by atoms with van der Waals surface area (Å²) in [5.74, 6) is 0. The second-order valence-corrected chi connectivity index (χ2v) is 13.7. The Morgan fingerprint density at radius 1 is 0.226 bits per heavy atom. The van der Waals surface area contributed by atoms with E-state index in [1.807, 2.05) is 0 Å². The zero-order valence-electron chi connectivity index (χ0n) is 29.2. The van der Waals surface area contributed by atoms with Crippen molar-refractivity contribution >= 4 is 60.2 Å². The van der Waals surface area contributed by atoms with E-state index >= 15 is 0 Å². The molecule has 0 fully saturated rings. The topological polar surface area (TPSA) is 3.24 Å². The lowest BCUT2D eigenvalue weighted by atomic mass is 9.92. The molecule has 0 radical (unpaired) electrons. The zero-order chi connectivity index (χ0) is 35.1. The lowest BCUT2D eigenvalue weighted by Gasteiger charge is -2.27. The Bertz CT molecular complexity index is 2940. The molecule has 0 heterocycles. The summed E-state index contributed by atoms with van der Waals surface area (Å²) in [6.45, 7) is 0. The van der Waals surface area contributed by atoms with Crippen LogP contribution in [0.2, 0.25) is 0 Å². The fourth-order valence-electron chi connectivity index (χ4n) is 8.09. The van der Waals surface area contributed by atoms with E-state index in [0.717, 1.165) is 17.1 Å². The summed E-state index contributed by atoms with van der Waals surface area (Å²) in [6.07, 6.45) is 0. The van der Waals surface area contributed by atoms with Crippen LogP contribution in [0.4, 0.5) is 17.1 Å². The molecule has 10 rings (SSSR count). The summed E-state index contributed by atoms with van der Waals surface area (Å²) in [4.78, 5) is 2.39. The molecule has 1 nitrogen and oxygen atoms in total. The smallest absolute Gasteiger partial charge is 0.0467 e. The van der Waals surface area contributed by atoms with Gasteiger partial charge < -0.3 is 4.90 Å². The maximum absolute atomic E-state index is 2.39. The van der Waals surface area contributed by atoms with Crippen LogP contribution in [0.25, 0.3) is 76.5 Å². The number of anilines is 3. The Labute approximate surface area is 309 Å². The Hall–Kier alpha value is -6.96. The maximum Gasteiger partial charge on any atom is 0.0467 e. The normalized spacial score (nSPS) is 11.4. The molecule has 10 aromatic rings. The van der Waals surface area contributed by atoms with Crippen LogP contribution < -0.4 is 4.90 Å². The number of rotatable bonds is 6. The lowest BCUT2D eigenvalue weighted by Crippen LogP contribution is -2.10. The molecule has 1 heteroatoms. The van der Waals surface area contributed by atoms with Crippen LogP contribution in [0.3, 0.4) is 0 Å². The minimum atomic E-state index is 1.10. The van der Waals surface area contributed by atoms with Crippen molar-refractivity contribution in [2.24, 2.45) is 0 Å². The molecule has 0 aliphatic heterocycles. The highest BCUT2D eigenvalue weighted by Gasteiger charge is 2.17. The van der Waals surface area contributed by atoms with Crippen molar-refractivity contribution in [1.29, 1.82) is 0 Å². The Kier molecular flexibility index (Phi) is 7.55. The van der Waals surface area contributed by atoms with Crippen molar-refractivity contribution in [3.05, 3.63) is 212 Å². The average molecular weight is 674 g/mol. The first kappa shape index (κ1) is 30.8. The summed E-state index contributed by atoms with van der Waals surface area (Å²) >= 11 is 0. The third-order valence-electron chi connectivity index (χ3n) is 10.6. The first-order valence-electron chi connectivity index (χ1n) is 18.3. The second-order valence-electron chi connectivity index (χ2n) is 13.7. The van der Waals surface area contributed by atoms with E-state index in [2.05, 4.69) is 217 Å². The lowest BCUT2D eigenvalue weighted by molar-refractivity contribution is 1.28. The highest BCUT2D eigenvalue weighted by molar-refractivity contribution is 6.15. The quantitative estimate of drug-likeness (QED) is 0.159. The molecule has 53 heavy (non-hydrogen) atoms. The van der Waals surface area contributed by atoms with Crippen LogP contribution in [-0.4, -0.2) is 0 Å². The van der Waals surface area contributed by atoms with Gasteiger partial charge in [0, 0.05) is 17.1 Å². The van der Waals surface area contributed by atoms with Crippen LogP contribution >= 0.6 is 0 Å². The van der Waals surface area contributed by atoms with E-state index in [9.17, 15) is 0 Å². The van der Waals surface area contributed by atoms with Gasteiger partial charge in [0.1, 0.15) is 0 Å². The second kappa shape index (κ2) is 13.0. The summed E-state index contributed by atoms with van der Waals surface area (Å²) in [7, 11) is 0. The van der Waals surface area contributed by atoms with E-state index in [1.165, 1.54) is 76.5 Å². The summed E-state index contributed by atoms with van der Waals surface area (Å²) in [6, 6.07) is 77.2. The monoisotopic (exact) mass is 673 g/mol. The van der Waals surface area contributed by atoms with Gasteiger partial charge in [-0.15, -0.1) is 0 Å². The standard InChI is InChI=1S/C52H35N/c1-2-14-36(15-3-1)38-18-12-20-43(32-38)53(42-30-28-37(29-31-42)51-34-40-16-4-6-22-45(40)47-24-8-10-26-49(47)51)44-21-13-19-39(33-44)52-35-41-17-5-7-23-46(41)48-25-9-11-27-50(48)52/h1-35H. The molecular formula is C52H35N. The third kappa shape index (κ3) is 5.51. The van der Waals surface area contributed by atoms with Crippen molar-refractivity contribution < 1.29 is 0 Å². The Morgan fingerprint density at radius 2 is 0.660 bits per heavy atom. The molecule has 0 saturated carbocycles. The number of benzene rings is 10. The van der Waals surface area contributed by atoms with Crippen LogP contribution in [0.15, 0.2) is 212 Å². The predicted molar refractivity (Wildman–Crippen MR) is 227 cm³/mol. The molecule has 0 aliphatic rings. The van der Waals surface area contributed by atoms with E-state index in [0.29, 0.717) is 0 Å². The molecule has 0 amide bonds. The van der Waals surface area contributed by atoms with Gasteiger partial charge >= 0.3 is 0 Å². The first-order valence-corrected chi connectivity index (χ1v) is 18.3. The van der Waals surface area contributed by atoms with Gasteiger partial charge in [-0.05, 0) is 125 Å². The predicted octanol–water partition coefficient (Wildman–Crippen LogP) is 14.8. The summed E-state index contributed by atoms with van der Waals surface area (Å²) in [5.41, 5.74) is 10.6. The molecule has 10 aromatic carbocycles. The SMILES string of the molecule is c1ccc(-c2cccc(N(c3ccc(-c4cc5ccccc5c5ccccc45)cc3)c3cccc(-c4cc5ccccc5c5ccccc45)c3)c2)cc1. The summed E-state index contributed by atoms with van der Waals surface area (Å²) < 4.78 is 0. The highest BCUT2D eigenvalue weighted by atomic mass is 15.1. The van der Waals surface area contributed by atoms with Crippen molar-refractivity contribution in [2.75, 3.05) is 4.90 Å². The molecule has 0 bridgehead atoms. The van der Waals surface area contributed by atoms with Crippen LogP contribution in [-0.2, 0) is 0 Å².